The molecule has 0 aliphatic carbocycles. The van der Waals surface area contributed by atoms with Gasteiger partial charge in [-0.25, -0.2) is 9.78 Å². The zero-order chi connectivity index (χ0) is 22.9. The zero-order valence-corrected chi connectivity index (χ0v) is 19.1. The predicted octanol–water partition coefficient (Wildman–Crippen LogP) is 4.56. The van der Waals surface area contributed by atoms with Gasteiger partial charge in [-0.2, -0.15) is 0 Å². The highest BCUT2D eigenvalue weighted by Crippen LogP contribution is 2.25. The quantitative estimate of drug-likeness (QED) is 0.610. The van der Waals surface area contributed by atoms with Crippen molar-refractivity contribution in [2.45, 2.75) is 52.8 Å². The first kappa shape index (κ1) is 21.8. The molecule has 0 saturated carbocycles. The molecule has 1 aliphatic heterocycles. The van der Waals surface area contributed by atoms with Crippen molar-refractivity contribution in [1.82, 2.24) is 14.5 Å². The summed E-state index contributed by atoms with van der Waals surface area (Å²) in [7, 11) is 0. The van der Waals surface area contributed by atoms with Crippen molar-refractivity contribution in [2.24, 2.45) is 0 Å². The van der Waals surface area contributed by atoms with Crippen LogP contribution in [0.5, 0.6) is 0 Å². The number of nitrogens with zero attached hydrogens (tertiary/aromatic N) is 3. The molecule has 6 heteroatoms. The first-order valence-corrected chi connectivity index (χ1v) is 10.9. The van der Waals surface area contributed by atoms with Crippen molar-refractivity contribution in [3.8, 4) is 11.1 Å². The van der Waals surface area contributed by atoms with Crippen LogP contribution in [0.4, 0.5) is 4.79 Å². The van der Waals surface area contributed by atoms with E-state index in [-0.39, 0.29) is 11.7 Å². The predicted molar refractivity (Wildman–Crippen MR) is 125 cm³/mol. The molecule has 0 saturated heterocycles. The van der Waals surface area contributed by atoms with Crippen molar-refractivity contribution >= 4 is 6.09 Å². The third kappa shape index (κ3) is 4.59. The maximum absolute atomic E-state index is 13.4. The lowest BCUT2D eigenvalue weighted by molar-refractivity contribution is 0.0220. The number of fused-ring (bicyclic) bond motifs is 1. The number of aryl methyl sites for hydroxylation is 1. The van der Waals surface area contributed by atoms with Crippen LogP contribution in [0.3, 0.4) is 0 Å². The van der Waals surface area contributed by atoms with Crippen LogP contribution in [0.1, 0.15) is 43.4 Å². The number of amides is 1. The number of hydrogen-bond acceptors (Lipinski definition) is 4. The standard InChI is InChI=1S/C26H29N3O3/c1-18-27-23-17-28(25(31)32-26(2,3)4)15-14-22(23)24(30)29(18)16-20-12-8-9-13-21(20)19-10-6-5-7-11-19/h5-13H,14-17H2,1-4H3. The summed E-state index contributed by atoms with van der Waals surface area (Å²) < 4.78 is 7.23. The maximum Gasteiger partial charge on any atom is 0.410 e. The fraction of sp³-hybridized carbons (Fsp3) is 0.346. The highest BCUT2D eigenvalue weighted by Gasteiger charge is 2.28. The van der Waals surface area contributed by atoms with Crippen LogP contribution >= 0.6 is 0 Å². The van der Waals surface area contributed by atoms with Crippen molar-refractivity contribution in [2.75, 3.05) is 6.54 Å². The molecule has 0 N–H and O–H groups in total. The second kappa shape index (κ2) is 8.61. The van der Waals surface area contributed by atoms with Gasteiger partial charge in [0.25, 0.3) is 5.56 Å². The van der Waals surface area contributed by atoms with Gasteiger partial charge in [-0.15, -0.1) is 0 Å². The molecule has 0 unspecified atom stereocenters. The van der Waals surface area contributed by atoms with Crippen LogP contribution in [0.15, 0.2) is 59.4 Å². The van der Waals surface area contributed by atoms with Crippen LogP contribution < -0.4 is 5.56 Å². The Morgan fingerprint density at radius 1 is 1.06 bits per heavy atom. The molecule has 1 aromatic heterocycles. The van der Waals surface area contributed by atoms with E-state index in [1.807, 2.05) is 58.0 Å². The molecule has 0 radical (unpaired) electrons. The van der Waals surface area contributed by atoms with Crippen LogP contribution in [-0.4, -0.2) is 32.7 Å². The first-order chi connectivity index (χ1) is 15.2. The summed E-state index contributed by atoms with van der Waals surface area (Å²) in [6, 6.07) is 18.3. The molecule has 0 fully saturated rings. The Kier molecular flexibility index (Phi) is 5.87. The molecule has 0 bridgehead atoms. The van der Waals surface area contributed by atoms with Gasteiger partial charge in [0.1, 0.15) is 11.4 Å². The molecular weight excluding hydrogens is 402 g/mol. The number of hydrogen-bond donors (Lipinski definition) is 0. The molecular formula is C26H29N3O3. The smallest absolute Gasteiger partial charge is 0.410 e. The molecule has 166 valence electrons. The van der Waals surface area contributed by atoms with E-state index in [4.69, 9.17) is 9.72 Å². The average molecular weight is 432 g/mol. The van der Waals surface area contributed by atoms with Gasteiger partial charge in [-0.1, -0.05) is 54.6 Å². The minimum atomic E-state index is -0.559. The number of carbonyl (C=O) groups is 1. The molecule has 2 aromatic carbocycles. The Balaban J connectivity index is 1.63. The van der Waals surface area contributed by atoms with E-state index < -0.39 is 5.60 Å². The molecule has 6 nitrogen and oxygen atoms in total. The lowest BCUT2D eigenvalue weighted by Crippen LogP contribution is -2.43. The lowest BCUT2D eigenvalue weighted by Gasteiger charge is -2.31. The van der Waals surface area contributed by atoms with E-state index >= 15 is 0 Å². The summed E-state index contributed by atoms with van der Waals surface area (Å²) in [5, 5.41) is 0. The summed E-state index contributed by atoms with van der Waals surface area (Å²) in [5.41, 5.74) is 4.05. The normalized spacial score (nSPS) is 13.6. The number of aromatic nitrogens is 2. The second-order valence-corrected chi connectivity index (χ2v) is 9.15. The SMILES string of the molecule is Cc1nc2c(c(=O)n1Cc1ccccc1-c1ccccc1)CCN(C(=O)OC(C)(C)C)C2. The Morgan fingerprint density at radius 2 is 1.75 bits per heavy atom. The van der Waals surface area contributed by atoms with Gasteiger partial charge < -0.3 is 9.64 Å². The molecule has 1 amide bonds. The van der Waals surface area contributed by atoms with Crippen molar-refractivity contribution < 1.29 is 9.53 Å². The number of ether oxygens (including phenoxy) is 1. The highest BCUT2D eigenvalue weighted by atomic mass is 16.6. The fourth-order valence-corrected chi connectivity index (χ4v) is 4.04. The minimum absolute atomic E-state index is 0.0285. The highest BCUT2D eigenvalue weighted by molar-refractivity contribution is 5.69. The fourth-order valence-electron chi connectivity index (χ4n) is 4.04. The molecule has 1 aliphatic rings. The van der Waals surface area contributed by atoms with E-state index in [1.165, 1.54) is 0 Å². The van der Waals surface area contributed by atoms with Crippen molar-refractivity contribution in [3.63, 3.8) is 0 Å². The van der Waals surface area contributed by atoms with Crippen LogP contribution in [0.2, 0.25) is 0 Å². The summed E-state index contributed by atoms with van der Waals surface area (Å²) in [6.07, 6.45) is 0.102. The van der Waals surface area contributed by atoms with Gasteiger partial charge in [-0.3, -0.25) is 9.36 Å². The van der Waals surface area contributed by atoms with E-state index in [0.717, 1.165) is 16.7 Å². The number of carbonyl (C=O) groups excluding carboxylic acids is 1. The summed E-state index contributed by atoms with van der Waals surface area (Å²) in [6.45, 7) is 8.57. The summed E-state index contributed by atoms with van der Waals surface area (Å²) >= 11 is 0. The zero-order valence-electron chi connectivity index (χ0n) is 19.1. The number of rotatable bonds is 3. The molecule has 3 aromatic rings. The topological polar surface area (TPSA) is 64.4 Å². The summed E-state index contributed by atoms with van der Waals surface area (Å²) in [5.74, 6) is 0.641. The molecule has 4 rings (SSSR count). The van der Waals surface area contributed by atoms with Gasteiger partial charge in [0.15, 0.2) is 0 Å². The second-order valence-electron chi connectivity index (χ2n) is 9.15. The number of benzene rings is 2. The third-order valence-electron chi connectivity index (χ3n) is 5.59. The van der Waals surface area contributed by atoms with Gasteiger partial charge >= 0.3 is 6.09 Å². The van der Waals surface area contributed by atoms with E-state index in [1.54, 1.807) is 9.47 Å². The molecule has 2 heterocycles. The minimum Gasteiger partial charge on any atom is -0.444 e. The van der Waals surface area contributed by atoms with E-state index in [9.17, 15) is 9.59 Å². The maximum atomic E-state index is 13.4. The monoisotopic (exact) mass is 431 g/mol. The largest absolute Gasteiger partial charge is 0.444 e. The molecule has 0 spiro atoms. The van der Waals surface area contributed by atoms with Gasteiger partial charge in [-0.05, 0) is 50.8 Å². The average Bonchev–Trinajstić information content (AvgIpc) is 2.76. The van der Waals surface area contributed by atoms with Gasteiger partial charge in [0.2, 0.25) is 0 Å². The van der Waals surface area contributed by atoms with Crippen molar-refractivity contribution in [3.05, 3.63) is 87.6 Å². The molecule has 0 atom stereocenters. The Labute approximate surface area is 188 Å². The third-order valence-corrected chi connectivity index (χ3v) is 5.59. The van der Waals surface area contributed by atoms with Crippen LogP contribution in [-0.2, 0) is 24.2 Å². The Hall–Kier alpha value is -3.41. The van der Waals surface area contributed by atoms with Gasteiger partial charge in [0.05, 0.1) is 18.8 Å². The lowest BCUT2D eigenvalue weighted by atomic mass is 9.99. The molecule has 32 heavy (non-hydrogen) atoms. The van der Waals surface area contributed by atoms with E-state index in [2.05, 4.69) is 24.3 Å². The van der Waals surface area contributed by atoms with Crippen molar-refractivity contribution in [1.29, 1.82) is 0 Å². The van der Waals surface area contributed by atoms with Gasteiger partial charge in [0, 0.05) is 12.1 Å². The first-order valence-electron chi connectivity index (χ1n) is 10.9. The Morgan fingerprint density at radius 3 is 2.47 bits per heavy atom. The summed E-state index contributed by atoms with van der Waals surface area (Å²) in [4.78, 5) is 32.2. The van der Waals surface area contributed by atoms with Crippen LogP contribution in [0, 0.1) is 6.92 Å². The Bertz CT molecular complexity index is 1190. The van der Waals surface area contributed by atoms with Crippen LogP contribution in [0.25, 0.3) is 11.1 Å². The van der Waals surface area contributed by atoms with E-state index in [0.29, 0.717) is 43.1 Å².